The van der Waals surface area contributed by atoms with E-state index in [-0.39, 0.29) is 0 Å². The minimum Gasteiger partial charge on any atom is -0.485 e. The fraction of sp³-hybridized carbons (Fsp3) is 0.357. The van der Waals surface area contributed by atoms with Crippen LogP contribution in [0.15, 0.2) is 36.7 Å². The molecule has 0 radical (unpaired) electrons. The number of aryl methyl sites for hydroxylation is 1. The highest BCUT2D eigenvalue weighted by atomic mass is 16.5. The highest BCUT2D eigenvalue weighted by Crippen LogP contribution is 2.27. The van der Waals surface area contributed by atoms with Crippen LogP contribution in [0.4, 0.5) is 0 Å². The van der Waals surface area contributed by atoms with Crippen molar-refractivity contribution in [3.63, 3.8) is 0 Å². The summed E-state index contributed by atoms with van der Waals surface area (Å²) >= 11 is 0. The van der Waals surface area contributed by atoms with Gasteiger partial charge in [0.25, 0.3) is 0 Å². The maximum Gasteiger partial charge on any atom is 0.146 e. The zero-order valence-electron chi connectivity index (χ0n) is 10.7. The van der Waals surface area contributed by atoms with Crippen molar-refractivity contribution in [2.24, 2.45) is 7.05 Å². The molecule has 1 heterocycles. The van der Waals surface area contributed by atoms with E-state index in [1.165, 1.54) is 0 Å². The van der Waals surface area contributed by atoms with Crippen LogP contribution in [0.2, 0.25) is 0 Å². The molecule has 96 valence electrons. The Morgan fingerprint density at radius 1 is 1.39 bits per heavy atom. The highest BCUT2D eigenvalue weighted by molar-refractivity contribution is 5.35. The van der Waals surface area contributed by atoms with Gasteiger partial charge in [-0.05, 0) is 12.5 Å². The molecule has 0 amide bonds. The number of nitrogens with zero attached hydrogens (tertiary/aromatic N) is 2. The first kappa shape index (κ1) is 12.6. The Kier molecular flexibility index (Phi) is 3.99. The number of benzene rings is 1. The molecule has 0 saturated carbocycles. The molecular formula is C14H18N2O2. The Morgan fingerprint density at radius 3 is 2.83 bits per heavy atom. The molecule has 1 atom stereocenters. The van der Waals surface area contributed by atoms with Gasteiger partial charge < -0.3 is 14.4 Å². The zero-order chi connectivity index (χ0) is 13.0. The lowest BCUT2D eigenvalue weighted by Gasteiger charge is -2.14. The topological polar surface area (TPSA) is 47.3 Å². The number of para-hydroxylation sites is 1. The molecule has 0 aliphatic carbocycles. The summed E-state index contributed by atoms with van der Waals surface area (Å²) in [5.41, 5.74) is 0.828. The van der Waals surface area contributed by atoms with Gasteiger partial charge in [0.1, 0.15) is 18.2 Å². The molecule has 0 bridgehead atoms. The molecule has 1 aromatic carbocycles. The minimum atomic E-state index is -0.484. The Bertz CT molecular complexity index is 508. The van der Waals surface area contributed by atoms with Crippen molar-refractivity contribution < 1.29 is 9.84 Å². The first-order valence-electron chi connectivity index (χ1n) is 6.08. The monoisotopic (exact) mass is 246 g/mol. The first-order chi connectivity index (χ1) is 8.72. The predicted molar refractivity (Wildman–Crippen MR) is 69.2 cm³/mol. The van der Waals surface area contributed by atoms with Gasteiger partial charge in [0.2, 0.25) is 0 Å². The summed E-state index contributed by atoms with van der Waals surface area (Å²) in [6.45, 7) is 2.34. The lowest BCUT2D eigenvalue weighted by atomic mass is 10.1. The minimum absolute atomic E-state index is 0.400. The molecule has 1 N–H and O–H groups in total. The van der Waals surface area contributed by atoms with Crippen LogP contribution >= 0.6 is 0 Å². The molecule has 0 spiro atoms. The molecule has 18 heavy (non-hydrogen) atoms. The third kappa shape index (κ3) is 2.71. The molecule has 1 aromatic heterocycles. The molecule has 0 fully saturated rings. The number of hydrogen-bond acceptors (Lipinski definition) is 3. The Morgan fingerprint density at radius 2 is 2.17 bits per heavy atom. The van der Waals surface area contributed by atoms with E-state index >= 15 is 0 Å². The van der Waals surface area contributed by atoms with E-state index < -0.39 is 6.10 Å². The van der Waals surface area contributed by atoms with Crippen molar-refractivity contribution in [3.05, 3.63) is 48.0 Å². The van der Waals surface area contributed by atoms with Gasteiger partial charge >= 0.3 is 0 Å². The van der Waals surface area contributed by atoms with Crippen molar-refractivity contribution in [2.45, 2.75) is 26.1 Å². The van der Waals surface area contributed by atoms with E-state index in [4.69, 9.17) is 4.74 Å². The smallest absolute Gasteiger partial charge is 0.146 e. The molecule has 4 heteroatoms. The molecular weight excluding hydrogens is 228 g/mol. The normalized spacial score (nSPS) is 12.4. The van der Waals surface area contributed by atoms with Gasteiger partial charge in [0.05, 0.1) is 6.10 Å². The van der Waals surface area contributed by atoms with Gasteiger partial charge in [-0.2, -0.15) is 0 Å². The van der Waals surface area contributed by atoms with Crippen LogP contribution in [0.5, 0.6) is 5.75 Å². The molecule has 0 aliphatic heterocycles. The largest absolute Gasteiger partial charge is 0.485 e. The summed E-state index contributed by atoms with van der Waals surface area (Å²) in [5.74, 6) is 1.57. The number of ether oxygens (including phenoxy) is 1. The number of aliphatic hydroxyl groups is 1. The maximum atomic E-state index is 9.92. The maximum absolute atomic E-state index is 9.92. The Balaban J connectivity index is 2.12. The van der Waals surface area contributed by atoms with Crippen LogP contribution in [0.1, 0.15) is 30.8 Å². The predicted octanol–water partition coefficient (Wildman–Crippen LogP) is 2.44. The van der Waals surface area contributed by atoms with Gasteiger partial charge in [-0.15, -0.1) is 0 Å². The summed E-state index contributed by atoms with van der Waals surface area (Å²) in [6, 6.07) is 7.57. The quantitative estimate of drug-likeness (QED) is 0.881. The SMILES string of the molecule is CC[C@H](O)c1ccccc1OCc1nccn1C. The molecule has 2 aromatic rings. The standard InChI is InChI=1S/C14H18N2O2/c1-3-12(17)11-6-4-5-7-13(11)18-10-14-15-8-9-16(14)2/h4-9,12,17H,3,10H2,1-2H3/t12-/m0/s1. The van der Waals surface area contributed by atoms with Gasteiger partial charge in [-0.1, -0.05) is 25.1 Å². The van der Waals surface area contributed by atoms with Crippen LogP contribution < -0.4 is 4.74 Å². The summed E-state index contributed by atoms with van der Waals surface area (Å²) in [4.78, 5) is 4.20. The Labute approximate surface area is 107 Å². The molecule has 4 nitrogen and oxygen atoms in total. The fourth-order valence-electron chi connectivity index (χ4n) is 1.79. The zero-order valence-corrected chi connectivity index (χ0v) is 10.7. The summed E-state index contributed by atoms with van der Waals surface area (Å²) in [7, 11) is 1.93. The average Bonchev–Trinajstić information content (AvgIpc) is 2.81. The summed E-state index contributed by atoms with van der Waals surface area (Å²) in [5, 5.41) is 9.92. The van der Waals surface area contributed by atoms with E-state index in [1.807, 2.05) is 49.0 Å². The van der Waals surface area contributed by atoms with Crippen LogP contribution in [-0.2, 0) is 13.7 Å². The second-order valence-corrected chi connectivity index (χ2v) is 4.20. The number of rotatable bonds is 5. The van der Waals surface area contributed by atoms with E-state index in [0.717, 1.165) is 17.1 Å². The fourth-order valence-corrected chi connectivity index (χ4v) is 1.79. The first-order valence-corrected chi connectivity index (χ1v) is 6.08. The van der Waals surface area contributed by atoms with E-state index in [2.05, 4.69) is 4.98 Å². The molecule has 0 aliphatic rings. The van der Waals surface area contributed by atoms with Crippen LogP contribution in [0, 0.1) is 0 Å². The van der Waals surface area contributed by atoms with Crippen molar-refractivity contribution >= 4 is 0 Å². The third-order valence-electron chi connectivity index (χ3n) is 2.94. The van der Waals surface area contributed by atoms with Gasteiger partial charge in [0, 0.05) is 25.0 Å². The van der Waals surface area contributed by atoms with E-state index in [9.17, 15) is 5.11 Å². The highest BCUT2D eigenvalue weighted by Gasteiger charge is 2.11. The average molecular weight is 246 g/mol. The van der Waals surface area contributed by atoms with E-state index in [1.54, 1.807) is 6.20 Å². The van der Waals surface area contributed by atoms with Crippen molar-refractivity contribution in [1.82, 2.24) is 9.55 Å². The summed E-state index contributed by atoms with van der Waals surface area (Å²) in [6.07, 6.45) is 3.81. The van der Waals surface area contributed by atoms with Gasteiger partial charge in [-0.25, -0.2) is 4.98 Å². The lowest BCUT2D eigenvalue weighted by Crippen LogP contribution is -2.06. The third-order valence-corrected chi connectivity index (χ3v) is 2.94. The Hall–Kier alpha value is -1.81. The van der Waals surface area contributed by atoms with Crippen molar-refractivity contribution in [1.29, 1.82) is 0 Å². The number of aliphatic hydroxyl groups excluding tert-OH is 1. The number of aromatic nitrogens is 2. The molecule has 2 rings (SSSR count). The van der Waals surface area contributed by atoms with Crippen LogP contribution in [0.3, 0.4) is 0 Å². The van der Waals surface area contributed by atoms with Crippen LogP contribution in [-0.4, -0.2) is 14.7 Å². The lowest BCUT2D eigenvalue weighted by molar-refractivity contribution is 0.166. The van der Waals surface area contributed by atoms with E-state index in [0.29, 0.717) is 13.0 Å². The van der Waals surface area contributed by atoms with Crippen LogP contribution in [0.25, 0.3) is 0 Å². The molecule has 0 saturated heterocycles. The van der Waals surface area contributed by atoms with Crippen molar-refractivity contribution in [2.75, 3.05) is 0 Å². The van der Waals surface area contributed by atoms with Crippen molar-refractivity contribution in [3.8, 4) is 5.75 Å². The number of imidazole rings is 1. The summed E-state index contributed by atoms with van der Waals surface area (Å²) < 4.78 is 7.66. The van der Waals surface area contributed by atoms with Gasteiger partial charge in [-0.3, -0.25) is 0 Å². The van der Waals surface area contributed by atoms with Gasteiger partial charge in [0.15, 0.2) is 0 Å². The second kappa shape index (κ2) is 5.69. The molecule has 0 unspecified atom stereocenters. The second-order valence-electron chi connectivity index (χ2n) is 4.20. The number of hydrogen-bond donors (Lipinski definition) is 1.